The molecule has 7 heteroatoms. The summed E-state index contributed by atoms with van der Waals surface area (Å²) in [5.41, 5.74) is 5.86. The third-order valence-electron chi connectivity index (χ3n) is 4.64. The Labute approximate surface area is 138 Å². The number of hydrogen-bond acceptors (Lipinski definition) is 4. The van der Waals surface area contributed by atoms with Gasteiger partial charge in [-0.15, -0.1) is 0 Å². The van der Waals surface area contributed by atoms with E-state index in [9.17, 15) is 19.1 Å². The van der Waals surface area contributed by atoms with E-state index < -0.39 is 17.2 Å². The number of aromatic carboxylic acids is 1. The third kappa shape index (κ3) is 2.54. The number of aromatic nitrogens is 1. The smallest absolute Gasteiger partial charge is 0.341 e. The Kier molecular flexibility index (Phi) is 4.04. The summed E-state index contributed by atoms with van der Waals surface area (Å²) in [4.78, 5) is 25.5. The van der Waals surface area contributed by atoms with E-state index in [1.165, 1.54) is 6.20 Å². The maximum Gasteiger partial charge on any atom is 0.341 e. The van der Waals surface area contributed by atoms with E-state index in [0.29, 0.717) is 24.3 Å². The fourth-order valence-electron chi connectivity index (χ4n) is 3.44. The second kappa shape index (κ2) is 5.90. The van der Waals surface area contributed by atoms with Crippen LogP contribution in [0.25, 0.3) is 10.9 Å². The Morgan fingerprint density at radius 3 is 2.71 bits per heavy atom. The van der Waals surface area contributed by atoms with Crippen molar-refractivity contribution in [2.45, 2.75) is 38.9 Å². The minimum Gasteiger partial charge on any atom is -0.477 e. The zero-order valence-electron chi connectivity index (χ0n) is 13.6. The maximum absolute atomic E-state index is 14.6. The first-order valence-corrected chi connectivity index (χ1v) is 7.95. The molecule has 0 aliphatic carbocycles. The molecule has 1 saturated heterocycles. The summed E-state index contributed by atoms with van der Waals surface area (Å²) in [6, 6.07) is 2.85. The molecule has 128 valence electrons. The topological polar surface area (TPSA) is 88.6 Å². The lowest BCUT2D eigenvalue weighted by molar-refractivity contribution is 0.0695. The van der Waals surface area contributed by atoms with E-state index in [2.05, 4.69) is 0 Å². The number of anilines is 1. The molecule has 2 aromatic rings. The Bertz CT molecular complexity index is 877. The predicted octanol–water partition coefficient (Wildman–Crippen LogP) is 1.78. The van der Waals surface area contributed by atoms with Crippen LogP contribution in [-0.4, -0.2) is 34.3 Å². The molecule has 2 heterocycles. The van der Waals surface area contributed by atoms with Crippen molar-refractivity contribution in [2.24, 2.45) is 5.73 Å². The monoisotopic (exact) mass is 333 g/mol. The zero-order valence-corrected chi connectivity index (χ0v) is 13.6. The molecule has 1 fully saturated rings. The van der Waals surface area contributed by atoms with Crippen LogP contribution in [0.1, 0.15) is 30.6 Å². The Morgan fingerprint density at radius 1 is 1.46 bits per heavy atom. The number of aryl methyl sites for hydroxylation is 1. The van der Waals surface area contributed by atoms with Crippen molar-refractivity contribution in [1.82, 2.24) is 4.57 Å². The summed E-state index contributed by atoms with van der Waals surface area (Å²) in [7, 11) is 0. The Morgan fingerprint density at radius 2 is 2.17 bits per heavy atom. The molecule has 1 aromatic heterocycles. The quantitative estimate of drug-likeness (QED) is 0.894. The number of halogens is 1. The van der Waals surface area contributed by atoms with Crippen LogP contribution in [0.2, 0.25) is 0 Å². The number of carboxylic acids is 1. The lowest BCUT2D eigenvalue weighted by Gasteiger charge is -2.25. The fourth-order valence-corrected chi connectivity index (χ4v) is 3.44. The molecule has 1 aliphatic heterocycles. The van der Waals surface area contributed by atoms with Crippen molar-refractivity contribution in [3.63, 3.8) is 0 Å². The normalized spacial score (nSPS) is 20.8. The van der Waals surface area contributed by atoms with Gasteiger partial charge < -0.3 is 20.3 Å². The van der Waals surface area contributed by atoms with E-state index in [1.807, 2.05) is 18.7 Å². The first kappa shape index (κ1) is 16.4. The van der Waals surface area contributed by atoms with Gasteiger partial charge in [0.15, 0.2) is 0 Å². The second-order valence-corrected chi connectivity index (χ2v) is 6.28. The van der Waals surface area contributed by atoms with Crippen molar-refractivity contribution >= 4 is 22.6 Å². The summed E-state index contributed by atoms with van der Waals surface area (Å²) in [5.74, 6) is -1.85. The SMILES string of the molecule is CCn1cc(C(=O)O)c(=O)c2cc(F)c(N3CC(N)CC3C)cc21. The van der Waals surface area contributed by atoms with Gasteiger partial charge in [-0.25, -0.2) is 9.18 Å². The molecular formula is C17H20FN3O3. The summed E-state index contributed by atoms with van der Waals surface area (Å²) >= 11 is 0. The number of pyridine rings is 1. The van der Waals surface area contributed by atoms with Crippen molar-refractivity contribution in [1.29, 1.82) is 0 Å². The minimum absolute atomic E-state index is 0.0159. The number of fused-ring (bicyclic) bond motifs is 1. The zero-order chi connectivity index (χ0) is 17.6. The molecule has 24 heavy (non-hydrogen) atoms. The van der Waals surface area contributed by atoms with Crippen LogP contribution in [-0.2, 0) is 6.54 Å². The lowest BCUT2D eigenvalue weighted by Crippen LogP contribution is -2.30. The standard InChI is InChI=1S/C17H20FN3O3/c1-3-20-8-12(17(23)24)16(22)11-5-13(18)15(6-14(11)20)21-7-10(19)4-9(21)2/h5-6,8-10H,3-4,7,19H2,1-2H3,(H,23,24). The summed E-state index contributed by atoms with van der Waals surface area (Å²) in [6.07, 6.45) is 2.09. The average molecular weight is 333 g/mol. The largest absolute Gasteiger partial charge is 0.477 e. The fraction of sp³-hybridized carbons (Fsp3) is 0.412. The molecule has 3 rings (SSSR count). The van der Waals surface area contributed by atoms with E-state index in [4.69, 9.17) is 5.73 Å². The molecule has 1 aromatic carbocycles. The molecule has 3 N–H and O–H groups in total. The first-order chi connectivity index (χ1) is 11.3. The van der Waals surface area contributed by atoms with E-state index in [0.717, 1.165) is 12.5 Å². The highest BCUT2D eigenvalue weighted by Gasteiger charge is 2.29. The van der Waals surface area contributed by atoms with Gasteiger partial charge in [0.2, 0.25) is 5.43 Å². The van der Waals surface area contributed by atoms with Crippen molar-refractivity contribution < 1.29 is 14.3 Å². The van der Waals surface area contributed by atoms with Crippen molar-refractivity contribution in [2.75, 3.05) is 11.4 Å². The van der Waals surface area contributed by atoms with Gasteiger partial charge in [0.25, 0.3) is 0 Å². The van der Waals surface area contributed by atoms with Gasteiger partial charge in [0, 0.05) is 36.8 Å². The van der Waals surface area contributed by atoms with Gasteiger partial charge in [0.05, 0.1) is 11.2 Å². The number of benzene rings is 1. The maximum atomic E-state index is 14.6. The van der Waals surface area contributed by atoms with Gasteiger partial charge in [-0.05, 0) is 32.4 Å². The number of rotatable bonds is 3. The van der Waals surface area contributed by atoms with Crippen LogP contribution < -0.4 is 16.1 Å². The van der Waals surface area contributed by atoms with Crippen LogP contribution in [0, 0.1) is 5.82 Å². The van der Waals surface area contributed by atoms with Crippen LogP contribution >= 0.6 is 0 Å². The summed E-state index contributed by atoms with van der Waals surface area (Å²) in [6.45, 7) is 4.84. The molecule has 0 amide bonds. The van der Waals surface area contributed by atoms with Crippen molar-refractivity contribution in [3.8, 4) is 0 Å². The second-order valence-electron chi connectivity index (χ2n) is 6.28. The predicted molar refractivity (Wildman–Crippen MR) is 90.2 cm³/mol. The lowest BCUT2D eigenvalue weighted by atomic mass is 10.1. The highest BCUT2D eigenvalue weighted by molar-refractivity contribution is 5.93. The van der Waals surface area contributed by atoms with E-state index >= 15 is 0 Å². The number of nitrogens with two attached hydrogens (primary N) is 1. The van der Waals surface area contributed by atoms with Crippen LogP contribution in [0.5, 0.6) is 0 Å². The van der Waals surface area contributed by atoms with E-state index in [1.54, 1.807) is 10.6 Å². The summed E-state index contributed by atoms with van der Waals surface area (Å²) in [5, 5.41) is 9.25. The molecule has 0 radical (unpaired) electrons. The number of hydrogen-bond donors (Lipinski definition) is 2. The number of nitrogens with zero attached hydrogens (tertiary/aromatic N) is 2. The molecule has 2 unspecified atom stereocenters. The molecule has 0 spiro atoms. The van der Waals surface area contributed by atoms with Crippen molar-refractivity contribution in [3.05, 3.63) is 39.9 Å². The van der Waals surface area contributed by atoms with Crippen LogP contribution in [0.3, 0.4) is 0 Å². The molecule has 2 atom stereocenters. The Hall–Kier alpha value is -2.41. The van der Waals surface area contributed by atoms with Gasteiger partial charge in [-0.1, -0.05) is 0 Å². The Balaban J connectivity index is 2.26. The van der Waals surface area contributed by atoms with Gasteiger partial charge in [0.1, 0.15) is 11.4 Å². The molecule has 0 saturated carbocycles. The molecule has 6 nitrogen and oxygen atoms in total. The highest BCUT2D eigenvalue weighted by Crippen LogP contribution is 2.30. The van der Waals surface area contributed by atoms with Gasteiger partial charge >= 0.3 is 5.97 Å². The van der Waals surface area contributed by atoms with E-state index in [-0.39, 0.29) is 23.0 Å². The number of carbonyl (C=O) groups is 1. The highest BCUT2D eigenvalue weighted by atomic mass is 19.1. The minimum atomic E-state index is -1.31. The average Bonchev–Trinajstić information content (AvgIpc) is 2.85. The van der Waals surface area contributed by atoms with Gasteiger partial charge in [-0.3, -0.25) is 4.79 Å². The van der Waals surface area contributed by atoms with Gasteiger partial charge in [-0.2, -0.15) is 0 Å². The van der Waals surface area contributed by atoms with Crippen LogP contribution in [0.15, 0.2) is 23.1 Å². The first-order valence-electron chi connectivity index (χ1n) is 7.95. The molecule has 1 aliphatic rings. The molecule has 0 bridgehead atoms. The number of carboxylic acid groups (broad SMARTS) is 1. The van der Waals surface area contributed by atoms with Crippen LogP contribution in [0.4, 0.5) is 10.1 Å². The molecular weight excluding hydrogens is 313 g/mol. The summed E-state index contributed by atoms with van der Waals surface area (Å²) < 4.78 is 16.3. The third-order valence-corrected chi connectivity index (χ3v) is 4.64.